The third-order valence-electron chi connectivity index (χ3n) is 8.77. The Bertz CT molecular complexity index is 856. The van der Waals surface area contributed by atoms with Gasteiger partial charge < -0.3 is 4.74 Å². The third kappa shape index (κ3) is 3.64. The van der Waals surface area contributed by atoms with Crippen LogP contribution >= 0.6 is 0 Å². The number of hydrogen-bond donors (Lipinski definition) is 0. The maximum Gasteiger partial charge on any atom is 0.0631 e. The first-order chi connectivity index (χ1) is 14.7. The molecule has 0 radical (unpaired) electrons. The lowest BCUT2D eigenvalue weighted by molar-refractivity contribution is -0.0644. The van der Waals surface area contributed by atoms with Crippen LogP contribution in [0.2, 0.25) is 0 Å². The predicted molar refractivity (Wildman–Crippen MR) is 125 cm³/mol. The van der Waals surface area contributed by atoms with Crippen LogP contribution in [0.1, 0.15) is 87.0 Å². The van der Waals surface area contributed by atoms with Gasteiger partial charge in [0, 0.05) is 6.61 Å². The molecular formula is C29H38O. The molecule has 2 saturated carbocycles. The van der Waals surface area contributed by atoms with Gasteiger partial charge in [0.15, 0.2) is 0 Å². The summed E-state index contributed by atoms with van der Waals surface area (Å²) in [6.45, 7) is 5.79. The van der Waals surface area contributed by atoms with Crippen molar-refractivity contribution in [3.8, 4) is 0 Å². The summed E-state index contributed by atoms with van der Waals surface area (Å²) in [7, 11) is 0. The van der Waals surface area contributed by atoms with E-state index in [9.17, 15) is 0 Å². The summed E-state index contributed by atoms with van der Waals surface area (Å²) in [5.41, 5.74) is 6.63. The standard InChI is InChI=1S/C29H38O/c1-3-4-18-30-28-15-14-27-26-13-11-23-20-22(19-21-8-6-5-7-9-21)10-12-24(23)25(26)16-17-29(27,28)2/h5-10,12,20,25-28H,3-4,11,13-19H2,1-2H3. The van der Waals surface area contributed by atoms with Gasteiger partial charge in [-0.05, 0) is 96.8 Å². The first-order valence-electron chi connectivity index (χ1n) is 12.5. The lowest BCUT2D eigenvalue weighted by Gasteiger charge is -2.50. The fourth-order valence-electron chi connectivity index (χ4n) is 7.17. The van der Waals surface area contributed by atoms with Crippen LogP contribution in [-0.2, 0) is 17.6 Å². The van der Waals surface area contributed by atoms with Crippen molar-refractivity contribution in [1.29, 1.82) is 0 Å². The molecule has 3 aliphatic rings. The fraction of sp³-hybridized carbons (Fsp3) is 0.586. The molecule has 0 bridgehead atoms. The molecule has 0 amide bonds. The van der Waals surface area contributed by atoms with Gasteiger partial charge in [0.2, 0.25) is 0 Å². The van der Waals surface area contributed by atoms with E-state index in [2.05, 4.69) is 62.4 Å². The largest absolute Gasteiger partial charge is 0.378 e. The van der Waals surface area contributed by atoms with Crippen molar-refractivity contribution in [1.82, 2.24) is 0 Å². The van der Waals surface area contributed by atoms with Crippen LogP contribution in [0.15, 0.2) is 48.5 Å². The third-order valence-corrected chi connectivity index (χ3v) is 8.77. The molecule has 2 fully saturated rings. The average Bonchev–Trinajstić information content (AvgIpc) is 3.11. The van der Waals surface area contributed by atoms with Crippen LogP contribution in [0, 0.1) is 17.3 Å². The Morgan fingerprint density at radius 3 is 2.67 bits per heavy atom. The van der Waals surface area contributed by atoms with Crippen molar-refractivity contribution in [2.75, 3.05) is 6.61 Å². The van der Waals surface area contributed by atoms with Gasteiger partial charge in [0.25, 0.3) is 0 Å². The van der Waals surface area contributed by atoms with Crippen LogP contribution in [0.5, 0.6) is 0 Å². The highest BCUT2D eigenvalue weighted by molar-refractivity contribution is 5.40. The first kappa shape index (κ1) is 20.3. The summed E-state index contributed by atoms with van der Waals surface area (Å²) in [5, 5.41) is 0. The number of benzene rings is 2. The summed E-state index contributed by atoms with van der Waals surface area (Å²) in [5.74, 6) is 2.52. The molecule has 2 aromatic rings. The van der Waals surface area contributed by atoms with Crippen molar-refractivity contribution in [3.05, 3.63) is 70.8 Å². The molecule has 0 aliphatic heterocycles. The Kier molecular flexibility index (Phi) is 5.75. The summed E-state index contributed by atoms with van der Waals surface area (Å²) < 4.78 is 6.44. The van der Waals surface area contributed by atoms with Crippen LogP contribution in [-0.4, -0.2) is 12.7 Å². The van der Waals surface area contributed by atoms with Gasteiger partial charge in [-0.25, -0.2) is 0 Å². The van der Waals surface area contributed by atoms with Gasteiger partial charge in [-0.2, -0.15) is 0 Å². The molecule has 5 rings (SSSR count). The van der Waals surface area contributed by atoms with E-state index in [1.54, 1.807) is 11.1 Å². The summed E-state index contributed by atoms with van der Waals surface area (Å²) in [6, 6.07) is 18.3. The second-order valence-corrected chi connectivity index (χ2v) is 10.4. The molecular weight excluding hydrogens is 364 g/mol. The minimum atomic E-state index is 0.416. The molecule has 0 N–H and O–H groups in total. The van der Waals surface area contributed by atoms with Gasteiger partial charge in [-0.1, -0.05) is 68.8 Å². The zero-order valence-corrected chi connectivity index (χ0v) is 18.9. The van der Waals surface area contributed by atoms with Crippen molar-refractivity contribution in [2.24, 2.45) is 17.3 Å². The molecule has 2 aromatic carbocycles. The minimum absolute atomic E-state index is 0.416. The summed E-state index contributed by atoms with van der Waals surface area (Å²) >= 11 is 0. The zero-order valence-electron chi connectivity index (χ0n) is 18.9. The topological polar surface area (TPSA) is 9.23 Å². The van der Waals surface area contributed by atoms with E-state index in [-0.39, 0.29) is 0 Å². The Hall–Kier alpha value is -1.60. The molecule has 0 saturated heterocycles. The van der Waals surface area contributed by atoms with Gasteiger partial charge in [0.05, 0.1) is 6.10 Å². The zero-order chi connectivity index (χ0) is 20.6. The van der Waals surface area contributed by atoms with E-state index < -0.39 is 0 Å². The van der Waals surface area contributed by atoms with Crippen LogP contribution in [0.25, 0.3) is 0 Å². The Morgan fingerprint density at radius 1 is 0.967 bits per heavy atom. The SMILES string of the molecule is CCCCOC1CCC2C3CCc4cc(Cc5ccccc5)ccc4C3CCC12C. The number of rotatable bonds is 6. The van der Waals surface area contributed by atoms with Gasteiger partial charge in [-0.15, -0.1) is 0 Å². The average molecular weight is 403 g/mol. The molecule has 3 aliphatic carbocycles. The van der Waals surface area contributed by atoms with Gasteiger partial charge >= 0.3 is 0 Å². The smallest absolute Gasteiger partial charge is 0.0631 e. The molecule has 5 unspecified atom stereocenters. The van der Waals surface area contributed by atoms with Crippen molar-refractivity contribution in [2.45, 2.75) is 83.7 Å². The highest BCUT2D eigenvalue weighted by Crippen LogP contribution is 2.61. The summed E-state index contributed by atoms with van der Waals surface area (Å²) in [6.07, 6.45) is 12.0. The number of fused-ring (bicyclic) bond motifs is 5. The van der Waals surface area contributed by atoms with Crippen molar-refractivity contribution in [3.63, 3.8) is 0 Å². The molecule has 0 aromatic heterocycles. The van der Waals surface area contributed by atoms with E-state index in [1.165, 1.54) is 62.5 Å². The maximum absolute atomic E-state index is 6.44. The highest BCUT2D eigenvalue weighted by Gasteiger charge is 2.55. The van der Waals surface area contributed by atoms with Crippen LogP contribution < -0.4 is 0 Å². The monoisotopic (exact) mass is 402 g/mol. The van der Waals surface area contributed by atoms with Crippen molar-refractivity contribution >= 4 is 0 Å². The van der Waals surface area contributed by atoms with E-state index in [1.807, 2.05) is 0 Å². The van der Waals surface area contributed by atoms with E-state index >= 15 is 0 Å². The molecule has 1 nitrogen and oxygen atoms in total. The Balaban J connectivity index is 1.32. The highest BCUT2D eigenvalue weighted by atomic mass is 16.5. The lowest BCUT2D eigenvalue weighted by Crippen LogP contribution is -2.44. The second kappa shape index (κ2) is 8.50. The Labute approximate surface area is 183 Å². The normalized spacial score (nSPS) is 32.3. The molecule has 160 valence electrons. The van der Waals surface area contributed by atoms with E-state index in [0.717, 1.165) is 30.8 Å². The predicted octanol–water partition coefficient (Wildman–Crippen LogP) is 7.32. The quantitative estimate of drug-likeness (QED) is 0.460. The fourth-order valence-corrected chi connectivity index (χ4v) is 7.17. The number of aryl methyl sites for hydroxylation is 1. The van der Waals surface area contributed by atoms with E-state index in [4.69, 9.17) is 4.74 Å². The Morgan fingerprint density at radius 2 is 1.83 bits per heavy atom. The number of ether oxygens (including phenoxy) is 1. The molecule has 30 heavy (non-hydrogen) atoms. The van der Waals surface area contributed by atoms with Gasteiger partial charge in [-0.3, -0.25) is 0 Å². The minimum Gasteiger partial charge on any atom is -0.378 e. The first-order valence-corrected chi connectivity index (χ1v) is 12.5. The molecule has 0 heterocycles. The van der Waals surface area contributed by atoms with Gasteiger partial charge in [0.1, 0.15) is 0 Å². The van der Waals surface area contributed by atoms with E-state index in [0.29, 0.717) is 11.5 Å². The van der Waals surface area contributed by atoms with Crippen molar-refractivity contribution < 1.29 is 4.74 Å². The number of hydrogen-bond acceptors (Lipinski definition) is 1. The summed E-state index contributed by atoms with van der Waals surface area (Å²) in [4.78, 5) is 0. The second-order valence-electron chi connectivity index (χ2n) is 10.4. The maximum atomic E-state index is 6.44. The molecule has 1 heteroatoms. The molecule has 0 spiro atoms. The lowest BCUT2D eigenvalue weighted by atomic mass is 9.55. The number of unbranched alkanes of at least 4 members (excludes halogenated alkanes) is 1. The van der Waals surface area contributed by atoms with Crippen LogP contribution in [0.4, 0.5) is 0 Å². The van der Waals surface area contributed by atoms with Crippen LogP contribution in [0.3, 0.4) is 0 Å². The molecule has 5 atom stereocenters.